The minimum atomic E-state index is -0.299. The molecule has 2 heterocycles. The number of fused-ring (bicyclic) bond motifs is 1. The zero-order valence-corrected chi connectivity index (χ0v) is 10.2. The van der Waals surface area contributed by atoms with E-state index < -0.39 is 0 Å². The molecule has 0 bridgehead atoms. The summed E-state index contributed by atoms with van der Waals surface area (Å²) >= 11 is 0. The maximum Gasteiger partial charge on any atom is 0.182 e. The van der Waals surface area contributed by atoms with Crippen LogP contribution < -0.4 is 0 Å². The van der Waals surface area contributed by atoms with Crippen molar-refractivity contribution in [1.29, 1.82) is 0 Å². The minimum Gasteiger partial charge on any atom is -0.298 e. The maximum atomic E-state index is 12.9. The number of carbonyl (C=O) groups is 1. The molecule has 0 unspecified atom stereocenters. The molecule has 19 heavy (non-hydrogen) atoms. The van der Waals surface area contributed by atoms with Gasteiger partial charge in [0.1, 0.15) is 5.82 Å². The molecule has 2 aromatic heterocycles. The Balaban J connectivity index is 2.18. The summed E-state index contributed by atoms with van der Waals surface area (Å²) < 4.78 is 14.5. The first-order chi connectivity index (χ1) is 9.17. The van der Waals surface area contributed by atoms with E-state index in [0.717, 1.165) is 17.4 Å². The van der Waals surface area contributed by atoms with Gasteiger partial charge in [0.15, 0.2) is 17.8 Å². The number of carbonyl (C=O) groups excluding carboxylic acids is 1. The highest BCUT2D eigenvalue weighted by molar-refractivity contribution is 5.76. The third-order valence-electron chi connectivity index (χ3n) is 2.88. The lowest BCUT2D eigenvalue weighted by Crippen LogP contribution is -1.93. The van der Waals surface area contributed by atoms with Crippen molar-refractivity contribution in [3.8, 4) is 11.4 Å². The monoisotopic (exact) mass is 255 g/mol. The molecule has 0 fully saturated rings. The molecule has 0 aliphatic carbocycles. The quantitative estimate of drug-likeness (QED) is 0.661. The van der Waals surface area contributed by atoms with E-state index >= 15 is 0 Å². The molecule has 3 aromatic rings. The fourth-order valence-corrected chi connectivity index (χ4v) is 1.96. The summed E-state index contributed by atoms with van der Waals surface area (Å²) in [6.45, 7) is 1.87. The fourth-order valence-electron chi connectivity index (χ4n) is 1.96. The molecule has 4 nitrogen and oxygen atoms in total. The summed E-state index contributed by atoms with van der Waals surface area (Å²) in [5, 5.41) is 4.31. The van der Waals surface area contributed by atoms with Crippen LogP contribution in [-0.4, -0.2) is 20.9 Å². The highest BCUT2D eigenvalue weighted by atomic mass is 19.1. The van der Waals surface area contributed by atoms with Crippen molar-refractivity contribution in [1.82, 2.24) is 14.6 Å². The molecule has 94 valence electrons. The molecule has 0 radical (unpaired) electrons. The Morgan fingerprint density at radius 3 is 2.68 bits per heavy atom. The Bertz CT molecular complexity index is 762. The van der Waals surface area contributed by atoms with E-state index in [1.54, 1.807) is 28.9 Å². The topological polar surface area (TPSA) is 47.3 Å². The van der Waals surface area contributed by atoms with Crippen molar-refractivity contribution in [2.75, 3.05) is 0 Å². The predicted molar refractivity (Wildman–Crippen MR) is 68.5 cm³/mol. The molecule has 3 rings (SSSR count). The van der Waals surface area contributed by atoms with Gasteiger partial charge in [-0.25, -0.2) is 13.9 Å². The Morgan fingerprint density at radius 2 is 2.00 bits per heavy atom. The molecule has 0 atom stereocenters. The summed E-state index contributed by atoms with van der Waals surface area (Å²) in [5.41, 5.74) is 2.83. The van der Waals surface area contributed by atoms with Crippen LogP contribution in [0.15, 0.2) is 36.5 Å². The highest BCUT2D eigenvalue weighted by Gasteiger charge is 2.09. The number of rotatable bonds is 2. The highest BCUT2D eigenvalue weighted by Crippen LogP contribution is 2.18. The van der Waals surface area contributed by atoms with Gasteiger partial charge >= 0.3 is 0 Å². The SMILES string of the molecule is Cc1cc(C=O)cn2nc(-c3ccc(F)cc3)nc12. The molecule has 0 spiro atoms. The van der Waals surface area contributed by atoms with Gasteiger partial charge in [0, 0.05) is 17.3 Å². The van der Waals surface area contributed by atoms with E-state index in [-0.39, 0.29) is 5.82 Å². The van der Waals surface area contributed by atoms with Gasteiger partial charge in [0.2, 0.25) is 0 Å². The van der Waals surface area contributed by atoms with Crippen LogP contribution in [0.2, 0.25) is 0 Å². The number of aldehydes is 1. The second-order valence-corrected chi connectivity index (χ2v) is 4.28. The Labute approximate surface area is 108 Å². The first-order valence-electron chi connectivity index (χ1n) is 5.75. The molecule has 0 N–H and O–H groups in total. The lowest BCUT2D eigenvalue weighted by atomic mass is 10.2. The summed E-state index contributed by atoms with van der Waals surface area (Å²) in [4.78, 5) is 15.2. The standard InChI is InChI=1S/C14H10FN3O/c1-9-6-10(8-19)7-18-14(9)16-13(17-18)11-2-4-12(15)5-3-11/h2-8H,1H3. The summed E-state index contributed by atoms with van der Waals surface area (Å²) in [5.74, 6) is 0.207. The van der Waals surface area contributed by atoms with Crippen molar-refractivity contribution in [2.45, 2.75) is 6.92 Å². The van der Waals surface area contributed by atoms with Gasteiger partial charge < -0.3 is 0 Å². The van der Waals surface area contributed by atoms with E-state index in [9.17, 15) is 9.18 Å². The van der Waals surface area contributed by atoms with Gasteiger partial charge in [-0.05, 0) is 42.8 Å². The van der Waals surface area contributed by atoms with Crippen molar-refractivity contribution in [3.05, 3.63) is 53.5 Å². The number of nitrogens with zero attached hydrogens (tertiary/aromatic N) is 3. The van der Waals surface area contributed by atoms with E-state index in [1.807, 2.05) is 6.92 Å². The van der Waals surface area contributed by atoms with Crippen LogP contribution >= 0.6 is 0 Å². The second kappa shape index (κ2) is 4.28. The maximum absolute atomic E-state index is 12.9. The zero-order valence-electron chi connectivity index (χ0n) is 10.2. The van der Waals surface area contributed by atoms with Gasteiger partial charge in [-0.1, -0.05) is 0 Å². The Morgan fingerprint density at radius 1 is 1.26 bits per heavy atom. The largest absolute Gasteiger partial charge is 0.298 e. The number of benzene rings is 1. The van der Waals surface area contributed by atoms with Crippen LogP contribution in [0, 0.1) is 12.7 Å². The summed E-state index contributed by atoms with van der Waals surface area (Å²) in [6, 6.07) is 7.74. The van der Waals surface area contributed by atoms with Gasteiger partial charge in [0.05, 0.1) is 0 Å². The summed E-state index contributed by atoms with van der Waals surface area (Å²) in [6.07, 6.45) is 2.39. The number of hydrogen-bond donors (Lipinski definition) is 0. The third kappa shape index (κ3) is 1.99. The molecule has 0 aliphatic rings. The fraction of sp³-hybridized carbons (Fsp3) is 0.0714. The average molecular weight is 255 g/mol. The van der Waals surface area contributed by atoms with E-state index in [0.29, 0.717) is 17.0 Å². The smallest absolute Gasteiger partial charge is 0.182 e. The molecule has 0 saturated heterocycles. The summed E-state index contributed by atoms with van der Waals surface area (Å²) in [7, 11) is 0. The van der Waals surface area contributed by atoms with Crippen LogP contribution in [0.4, 0.5) is 4.39 Å². The van der Waals surface area contributed by atoms with Crippen LogP contribution in [0.3, 0.4) is 0 Å². The molecule has 0 saturated carbocycles. The number of pyridine rings is 1. The number of halogens is 1. The second-order valence-electron chi connectivity index (χ2n) is 4.28. The van der Waals surface area contributed by atoms with Crippen molar-refractivity contribution >= 4 is 11.9 Å². The molecule has 5 heteroatoms. The average Bonchev–Trinajstić information content (AvgIpc) is 2.84. The number of hydrogen-bond acceptors (Lipinski definition) is 3. The third-order valence-corrected chi connectivity index (χ3v) is 2.88. The van der Waals surface area contributed by atoms with Crippen molar-refractivity contribution in [2.24, 2.45) is 0 Å². The van der Waals surface area contributed by atoms with E-state index in [2.05, 4.69) is 10.1 Å². The van der Waals surface area contributed by atoms with Crippen LogP contribution in [0.25, 0.3) is 17.0 Å². The molecule has 0 amide bonds. The predicted octanol–water partition coefficient (Wildman–Crippen LogP) is 2.66. The van der Waals surface area contributed by atoms with Gasteiger partial charge in [-0.2, -0.15) is 0 Å². The normalized spacial score (nSPS) is 10.8. The van der Waals surface area contributed by atoms with Crippen LogP contribution in [-0.2, 0) is 0 Å². The molecular weight excluding hydrogens is 245 g/mol. The first-order valence-corrected chi connectivity index (χ1v) is 5.75. The lowest BCUT2D eigenvalue weighted by Gasteiger charge is -1.96. The lowest BCUT2D eigenvalue weighted by molar-refractivity contribution is 0.112. The van der Waals surface area contributed by atoms with E-state index in [4.69, 9.17) is 0 Å². The number of aryl methyl sites for hydroxylation is 1. The van der Waals surface area contributed by atoms with Gasteiger partial charge in [0.25, 0.3) is 0 Å². The van der Waals surface area contributed by atoms with Crippen molar-refractivity contribution in [3.63, 3.8) is 0 Å². The van der Waals surface area contributed by atoms with Crippen LogP contribution in [0.5, 0.6) is 0 Å². The van der Waals surface area contributed by atoms with Crippen LogP contribution in [0.1, 0.15) is 15.9 Å². The first kappa shape index (κ1) is 11.5. The Kier molecular flexibility index (Phi) is 2.59. The van der Waals surface area contributed by atoms with E-state index in [1.165, 1.54) is 12.1 Å². The molecule has 1 aromatic carbocycles. The Hall–Kier alpha value is -2.56. The molecule has 0 aliphatic heterocycles. The van der Waals surface area contributed by atoms with Gasteiger partial charge in [-0.3, -0.25) is 4.79 Å². The van der Waals surface area contributed by atoms with Crippen molar-refractivity contribution < 1.29 is 9.18 Å². The molecular formula is C14H10FN3O. The number of aromatic nitrogens is 3. The van der Waals surface area contributed by atoms with Gasteiger partial charge in [-0.15, -0.1) is 5.10 Å². The zero-order chi connectivity index (χ0) is 13.4. The minimum absolute atomic E-state index is 0.299.